The Morgan fingerprint density at radius 3 is 2.90 bits per heavy atom. The molecule has 0 spiro atoms. The molecule has 0 saturated carbocycles. The summed E-state index contributed by atoms with van der Waals surface area (Å²) in [5, 5.41) is 19.1. The van der Waals surface area contributed by atoms with Crippen molar-refractivity contribution in [2.45, 2.75) is 36.5 Å². The number of aromatic nitrogens is 2. The van der Waals surface area contributed by atoms with Crippen molar-refractivity contribution in [2.75, 3.05) is 13.7 Å². The lowest BCUT2D eigenvalue weighted by molar-refractivity contribution is -0.0577. The standard InChI is InChI=1S/C12H16ClFN4O3/c1-12(14)8(20)6(3-19)21-11(12)18-5-15-7-9(13)17(2)4-16-10(7)18/h4-6,8-9,11,19-20H,3H2,1-2H3/t6-,8?,9?,11-,12?/m1/s1. The molecule has 0 bridgehead atoms. The van der Waals surface area contributed by atoms with Gasteiger partial charge in [0.05, 0.1) is 19.3 Å². The van der Waals surface area contributed by atoms with Crippen LogP contribution in [0.1, 0.15) is 24.3 Å². The summed E-state index contributed by atoms with van der Waals surface area (Å²) in [5.74, 6) is 0.382. The predicted molar refractivity (Wildman–Crippen MR) is 73.3 cm³/mol. The van der Waals surface area contributed by atoms with Crippen LogP contribution in [-0.4, -0.2) is 62.5 Å². The van der Waals surface area contributed by atoms with Crippen molar-refractivity contribution in [2.24, 2.45) is 4.99 Å². The molecule has 0 radical (unpaired) electrons. The van der Waals surface area contributed by atoms with Gasteiger partial charge in [0.15, 0.2) is 23.2 Å². The molecule has 7 nitrogen and oxygen atoms in total. The first kappa shape index (κ1) is 14.7. The zero-order chi connectivity index (χ0) is 15.4. The van der Waals surface area contributed by atoms with Crippen LogP contribution in [0.5, 0.6) is 0 Å². The Bertz CT molecular complexity index is 579. The molecule has 3 unspecified atom stereocenters. The summed E-state index contributed by atoms with van der Waals surface area (Å²) >= 11 is 6.21. The highest BCUT2D eigenvalue weighted by Crippen LogP contribution is 2.45. The topological polar surface area (TPSA) is 83.1 Å². The molecule has 2 aliphatic heterocycles. The summed E-state index contributed by atoms with van der Waals surface area (Å²) in [6, 6.07) is 0. The van der Waals surface area contributed by atoms with E-state index in [0.29, 0.717) is 11.5 Å². The molecule has 1 aromatic rings. The quantitative estimate of drug-likeness (QED) is 0.620. The highest BCUT2D eigenvalue weighted by atomic mass is 35.5. The van der Waals surface area contributed by atoms with Crippen LogP contribution in [0, 0.1) is 0 Å². The fourth-order valence-electron chi connectivity index (χ4n) is 2.60. The van der Waals surface area contributed by atoms with Crippen molar-refractivity contribution in [3.8, 4) is 0 Å². The Morgan fingerprint density at radius 1 is 1.57 bits per heavy atom. The molecule has 0 amide bonds. The van der Waals surface area contributed by atoms with Gasteiger partial charge in [0, 0.05) is 7.05 Å². The van der Waals surface area contributed by atoms with Crippen LogP contribution in [0.25, 0.3) is 0 Å². The van der Waals surface area contributed by atoms with Crippen LogP contribution >= 0.6 is 11.6 Å². The van der Waals surface area contributed by atoms with Crippen LogP contribution in [0.15, 0.2) is 11.3 Å². The maximum absolute atomic E-state index is 14.8. The smallest absolute Gasteiger partial charge is 0.181 e. The molecule has 2 N–H and O–H groups in total. The van der Waals surface area contributed by atoms with E-state index in [2.05, 4.69) is 9.98 Å². The molecule has 3 rings (SSSR count). The van der Waals surface area contributed by atoms with E-state index in [4.69, 9.17) is 21.4 Å². The van der Waals surface area contributed by atoms with E-state index >= 15 is 0 Å². The molecule has 2 aliphatic rings. The summed E-state index contributed by atoms with van der Waals surface area (Å²) in [6.45, 7) is 0.749. The highest BCUT2D eigenvalue weighted by molar-refractivity contribution is 6.21. The minimum atomic E-state index is -2.08. The van der Waals surface area contributed by atoms with Crippen LogP contribution < -0.4 is 0 Å². The van der Waals surface area contributed by atoms with Crippen LogP contribution in [0.2, 0.25) is 0 Å². The second kappa shape index (κ2) is 4.91. The van der Waals surface area contributed by atoms with Gasteiger partial charge in [0.25, 0.3) is 0 Å². The zero-order valence-electron chi connectivity index (χ0n) is 11.5. The first-order chi connectivity index (χ1) is 9.87. The van der Waals surface area contributed by atoms with E-state index in [1.807, 2.05) is 0 Å². The lowest BCUT2D eigenvalue weighted by Gasteiger charge is -2.27. The van der Waals surface area contributed by atoms with Gasteiger partial charge < -0.3 is 19.8 Å². The molecular weight excluding hydrogens is 303 g/mol. The number of hydrogen-bond donors (Lipinski definition) is 2. The van der Waals surface area contributed by atoms with Gasteiger partial charge in [-0.15, -0.1) is 0 Å². The van der Waals surface area contributed by atoms with Crippen LogP contribution in [-0.2, 0) is 4.74 Å². The lowest BCUT2D eigenvalue weighted by atomic mass is 9.98. The maximum Gasteiger partial charge on any atom is 0.181 e. The summed E-state index contributed by atoms with van der Waals surface area (Å²) in [5.41, 5.74) is -2.10. The van der Waals surface area contributed by atoms with Crippen molar-refractivity contribution < 1.29 is 19.3 Å². The van der Waals surface area contributed by atoms with Gasteiger partial charge >= 0.3 is 0 Å². The molecule has 1 saturated heterocycles. The van der Waals surface area contributed by atoms with Gasteiger partial charge in [-0.05, 0) is 6.92 Å². The first-order valence-corrected chi connectivity index (χ1v) is 6.91. The summed E-state index contributed by atoms with van der Waals surface area (Å²) in [7, 11) is 1.75. The summed E-state index contributed by atoms with van der Waals surface area (Å²) < 4.78 is 21.6. The highest BCUT2D eigenvalue weighted by Gasteiger charge is 2.55. The number of aliphatic hydroxyl groups excluding tert-OH is 2. The molecule has 9 heteroatoms. The Hall–Kier alpha value is -1.22. The maximum atomic E-state index is 14.8. The minimum Gasteiger partial charge on any atom is -0.394 e. The van der Waals surface area contributed by atoms with Crippen molar-refractivity contribution in [3.05, 3.63) is 12.0 Å². The van der Waals surface area contributed by atoms with Gasteiger partial charge in [-0.1, -0.05) is 11.6 Å². The molecule has 5 atom stereocenters. The number of aliphatic hydroxyl groups is 2. The second-order valence-corrected chi connectivity index (χ2v) is 5.83. The van der Waals surface area contributed by atoms with Crippen LogP contribution in [0.4, 0.5) is 10.2 Å². The van der Waals surface area contributed by atoms with E-state index < -0.39 is 36.2 Å². The minimum absolute atomic E-state index is 0.382. The molecular formula is C12H16ClFN4O3. The Morgan fingerprint density at radius 2 is 2.29 bits per heavy atom. The number of nitrogens with zero attached hydrogens (tertiary/aromatic N) is 4. The number of alkyl halides is 2. The molecule has 1 fully saturated rings. The average Bonchev–Trinajstić information content (AvgIpc) is 2.96. The number of aliphatic imine (C=N–C) groups is 1. The molecule has 3 heterocycles. The van der Waals surface area contributed by atoms with Gasteiger partial charge in [-0.2, -0.15) is 0 Å². The third-order valence-electron chi connectivity index (χ3n) is 3.89. The molecule has 1 aromatic heterocycles. The number of halogens is 2. The summed E-state index contributed by atoms with van der Waals surface area (Å²) in [4.78, 5) is 10.0. The third kappa shape index (κ3) is 2.05. The average molecular weight is 319 g/mol. The number of ether oxygens (including phenoxy) is 1. The van der Waals surface area contributed by atoms with E-state index in [0.717, 1.165) is 0 Å². The van der Waals surface area contributed by atoms with E-state index in [1.165, 1.54) is 24.2 Å². The van der Waals surface area contributed by atoms with Gasteiger partial charge in [0.2, 0.25) is 0 Å². The normalized spacial score (nSPS) is 38.9. The Kier molecular flexibility index (Phi) is 3.44. The van der Waals surface area contributed by atoms with Gasteiger partial charge in [0.1, 0.15) is 17.9 Å². The number of fused-ring (bicyclic) bond motifs is 1. The van der Waals surface area contributed by atoms with Crippen molar-refractivity contribution in [1.29, 1.82) is 0 Å². The number of hydrogen-bond acceptors (Lipinski definition) is 6. The number of rotatable bonds is 2. The van der Waals surface area contributed by atoms with Crippen LogP contribution in [0.3, 0.4) is 0 Å². The molecule has 116 valence electrons. The number of imidazole rings is 1. The SMILES string of the molecule is CN1C=Nc2c(ncn2[C@@H]2O[C@H](CO)C(O)C2(C)F)C1Cl. The van der Waals surface area contributed by atoms with E-state index in [9.17, 15) is 9.50 Å². The van der Waals surface area contributed by atoms with Gasteiger partial charge in [-0.3, -0.25) is 4.57 Å². The molecule has 0 aromatic carbocycles. The zero-order valence-corrected chi connectivity index (χ0v) is 12.3. The lowest BCUT2D eigenvalue weighted by Crippen LogP contribution is -2.40. The summed E-state index contributed by atoms with van der Waals surface area (Å²) in [6.07, 6.45) is -0.670. The van der Waals surface area contributed by atoms with Crippen molar-refractivity contribution in [3.63, 3.8) is 0 Å². The molecule has 0 aliphatic carbocycles. The third-order valence-corrected chi connectivity index (χ3v) is 4.40. The Balaban J connectivity index is 2.01. The largest absolute Gasteiger partial charge is 0.394 e. The predicted octanol–water partition coefficient (Wildman–Crippen LogP) is 0.704. The van der Waals surface area contributed by atoms with E-state index in [-0.39, 0.29) is 0 Å². The van der Waals surface area contributed by atoms with Crippen molar-refractivity contribution >= 4 is 23.8 Å². The van der Waals surface area contributed by atoms with Gasteiger partial charge in [-0.25, -0.2) is 14.4 Å². The second-order valence-electron chi connectivity index (χ2n) is 5.41. The first-order valence-electron chi connectivity index (χ1n) is 6.48. The molecule has 21 heavy (non-hydrogen) atoms. The fraction of sp³-hybridized carbons (Fsp3) is 0.667. The van der Waals surface area contributed by atoms with E-state index in [1.54, 1.807) is 11.9 Å². The fourth-order valence-corrected chi connectivity index (χ4v) is 2.81. The monoisotopic (exact) mass is 318 g/mol. The van der Waals surface area contributed by atoms with Crippen molar-refractivity contribution in [1.82, 2.24) is 14.5 Å². The Labute approximate surface area is 125 Å².